The number of hydrogen-bond donors (Lipinski definition) is 2. The quantitative estimate of drug-likeness (QED) is 0.732. The number of carbonyl (C=O) groups is 1. The average molecular weight is 350 g/mol. The van der Waals surface area contributed by atoms with Crippen molar-refractivity contribution >= 4 is 17.5 Å². The topological polar surface area (TPSA) is 66.9 Å². The van der Waals surface area contributed by atoms with Crippen molar-refractivity contribution in [3.05, 3.63) is 59.2 Å². The van der Waals surface area contributed by atoms with E-state index in [0.717, 1.165) is 29.9 Å². The third-order valence-electron chi connectivity index (χ3n) is 4.52. The van der Waals surface area contributed by atoms with Crippen LogP contribution in [0.5, 0.6) is 0 Å². The molecule has 0 fully saturated rings. The fourth-order valence-corrected chi connectivity index (χ4v) is 3.17. The smallest absolute Gasteiger partial charge is 0.229 e. The monoisotopic (exact) mass is 350 g/mol. The standard InChI is InChI=1S/C21H26N4O/c1-16-6-5-9-18(14-16)15-21(26)23-20-11-10-19(24-25-20)22-13-12-17-7-3-2-4-8-17/h5-7,9-11,14H,2-4,8,12-13,15H2,1H3,(H,22,24)(H,23,25,26). The maximum absolute atomic E-state index is 12.1. The highest BCUT2D eigenvalue weighted by Gasteiger charge is 2.07. The molecule has 0 radical (unpaired) electrons. The number of anilines is 2. The second kappa shape index (κ2) is 9.13. The van der Waals surface area contributed by atoms with Crippen LogP contribution < -0.4 is 10.6 Å². The molecule has 2 N–H and O–H groups in total. The van der Waals surface area contributed by atoms with E-state index >= 15 is 0 Å². The number of nitrogens with zero attached hydrogens (tertiary/aromatic N) is 2. The van der Waals surface area contributed by atoms with Gasteiger partial charge in [-0.25, -0.2) is 0 Å². The summed E-state index contributed by atoms with van der Waals surface area (Å²) >= 11 is 0. The molecule has 26 heavy (non-hydrogen) atoms. The van der Waals surface area contributed by atoms with Gasteiger partial charge in [0.15, 0.2) is 5.82 Å². The fraction of sp³-hybridized carbons (Fsp3) is 0.381. The molecule has 0 bridgehead atoms. The van der Waals surface area contributed by atoms with Gasteiger partial charge < -0.3 is 10.6 Å². The van der Waals surface area contributed by atoms with E-state index in [0.29, 0.717) is 12.2 Å². The van der Waals surface area contributed by atoms with Crippen molar-refractivity contribution < 1.29 is 4.79 Å². The van der Waals surface area contributed by atoms with Crippen molar-refractivity contribution in [2.45, 2.75) is 45.4 Å². The van der Waals surface area contributed by atoms with Gasteiger partial charge in [-0.15, -0.1) is 10.2 Å². The number of carbonyl (C=O) groups excluding carboxylic acids is 1. The molecule has 136 valence electrons. The first-order valence-electron chi connectivity index (χ1n) is 9.30. The first kappa shape index (κ1) is 18.1. The SMILES string of the molecule is Cc1cccc(CC(=O)Nc2ccc(NCCC3=CCCCC3)nn2)c1. The molecule has 0 spiro atoms. The van der Waals surface area contributed by atoms with Gasteiger partial charge in [0.2, 0.25) is 5.91 Å². The molecule has 1 aliphatic rings. The summed E-state index contributed by atoms with van der Waals surface area (Å²) in [5.41, 5.74) is 3.68. The predicted octanol–water partition coefficient (Wildman–Crippen LogP) is 4.27. The summed E-state index contributed by atoms with van der Waals surface area (Å²) in [6.45, 7) is 2.88. The Morgan fingerprint density at radius 2 is 1.96 bits per heavy atom. The van der Waals surface area contributed by atoms with Crippen molar-refractivity contribution in [2.75, 3.05) is 17.2 Å². The molecule has 5 nitrogen and oxygen atoms in total. The van der Waals surface area contributed by atoms with Gasteiger partial charge in [0, 0.05) is 6.54 Å². The van der Waals surface area contributed by atoms with Crippen LogP contribution in [-0.4, -0.2) is 22.6 Å². The first-order valence-corrected chi connectivity index (χ1v) is 9.30. The first-order chi connectivity index (χ1) is 12.7. The molecule has 1 aromatic heterocycles. The largest absolute Gasteiger partial charge is 0.368 e. The Kier molecular flexibility index (Phi) is 6.36. The summed E-state index contributed by atoms with van der Waals surface area (Å²) < 4.78 is 0. The lowest BCUT2D eigenvalue weighted by Gasteiger charge is -2.13. The van der Waals surface area contributed by atoms with E-state index in [2.05, 4.69) is 26.9 Å². The molecular formula is C21H26N4O. The van der Waals surface area contributed by atoms with Crippen molar-refractivity contribution in [2.24, 2.45) is 0 Å². The summed E-state index contributed by atoms with van der Waals surface area (Å²) in [6, 6.07) is 11.6. The Balaban J connectivity index is 1.44. The third-order valence-corrected chi connectivity index (χ3v) is 4.52. The summed E-state index contributed by atoms with van der Waals surface area (Å²) in [6.07, 6.45) is 8.81. The Labute approximate surface area is 154 Å². The number of amides is 1. The Morgan fingerprint density at radius 3 is 2.69 bits per heavy atom. The molecule has 1 aromatic carbocycles. The van der Waals surface area contributed by atoms with Gasteiger partial charge in [-0.1, -0.05) is 41.5 Å². The molecule has 0 atom stereocenters. The molecule has 2 aromatic rings. The molecule has 1 heterocycles. The van der Waals surface area contributed by atoms with Crippen molar-refractivity contribution in [3.8, 4) is 0 Å². The molecule has 5 heteroatoms. The second-order valence-electron chi connectivity index (χ2n) is 6.80. The van der Waals surface area contributed by atoms with Gasteiger partial charge in [0.1, 0.15) is 5.82 Å². The van der Waals surface area contributed by atoms with Gasteiger partial charge in [0.05, 0.1) is 6.42 Å². The van der Waals surface area contributed by atoms with E-state index in [1.54, 1.807) is 6.07 Å². The van der Waals surface area contributed by atoms with E-state index in [4.69, 9.17) is 0 Å². The maximum Gasteiger partial charge on any atom is 0.229 e. The van der Waals surface area contributed by atoms with Crippen LogP contribution in [0.2, 0.25) is 0 Å². The van der Waals surface area contributed by atoms with Crippen LogP contribution >= 0.6 is 0 Å². The second-order valence-corrected chi connectivity index (χ2v) is 6.80. The minimum absolute atomic E-state index is 0.0881. The van der Waals surface area contributed by atoms with Gasteiger partial charge in [-0.3, -0.25) is 4.79 Å². The lowest BCUT2D eigenvalue weighted by molar-refractivity contribution is -0.115. The summed E-state index contributed by atoms with van der Waals surface area (Å²) in [5.74, 6) is 1.12. The van der Waals surface area contributed by atoms with Gasteiger partial charge >= 0.3 is 0 Å². The van der Waals surface area contributed by atoms with Crippen LogP contribution in [0.4, 0.5) is 11.6 Å². The Morgan fingerprint density at radius 1 is 1.12 bits per heavy atom. The summed E-state index contributed by atoms with van der Waals surface area (Å²) in [4.78, 5) is 12.1. The molecule has 3 rings (SSSR count). The third kappa shape index (κ3) is 5.69. The highest BCUT2D eigenvalue weighted by Crippen LogP contribution is 2.20. The zero-order valence-electron chi connectivity index (χ0n) is 15.3. The van der Waals surface area contributed by atoms with Crippen LogP contribution in [0.3, 0.4) is 0 Å². The van der Waals surface area contributed by atoms with Gasteiger partial charge in [-0.05, 0) is 56.7 Å². The van der Waals surface area contributed by atoms with Crippen molar-refractivity contribution in [1.29, 1.82) is 0 Å². The van der Waals surface area contributed by atoms with E-state index in [9.17, 15) is 4.79 Å². The average Bonchev–Trinajstić information content (AvgIpc) is 2.64. The zero-order chi connectivity index (χ0) is 18.2. The lowest BCUT2D eigenvalue weighted by Crippen LogP contribution is -2.16. The molecule has 0 saturated carbocycles. The Bertz CT molecular complexity index is 768. The molecule has 1 aliphatic carbocycles. The maximum atomic E-state index is 12.1. The van der Waals surface area contributed by atoms with Crippen molar-refractivity contribution in [3.63, 3.8) is 0 Å². The number of hydrogen-bond acceptors (Lipinski definition) is 4. The normalized spacial score (nSPS) is 13.8. The highest BCUT2D eigenvalue weighted by molar-refractivity contribution is 5.91. The number of allylic oxidation sites excluding steroid dienone is 1. The number of rotatable bonds is 7. The van der Waals surface area contributed by atoms with E-state index < -0.39 is 0 Å². The Hall–Kier alpha value is -2.69. The molecule has 0 unspecified atom stereocenters. The molecular weight excluding hydrogens is 324 g/mol. The van der Waals surface area contributed by atoms with Crippen LogP contribution in [0, 0.1) is 6.92 Å². The summed E-state index contributed by atoms with van der Waals surface area (Å²) in [5, 5.41) is 14.3. The number of benzene rings is 1. The minimum atomic E-state index is -0.0881. The molecule has 0 saturated heterocycles. The zero-order valence-corrected chi connectivity index (χ0v) is 15.3. The van der Waals surface area contributed by atoms with E-state index in [1.807, 2.05) is 37.3 Å². The van der Waals surface area contributed by atoms with E-state index in [-0.39, 0.29) is 5.91 Å². The van der Waals surface area contributed by atoms with Crippen LogP contribution in [0.1, 0.15) is 43.2 Å². The fourth-order valence-electron chi connectivity index (χ4n) is 3.17. The van der Waals surface area contributed by atoms with Crippen LogP contribution in [0.25, 0.3) is 0 Å². The van der Waals surface area contributed by atoms with Crippen molar-refractivity contribution in [1.82, 2.24) is 10.2 Å². The van der Waals surface area contributed by atoms with Gasteiger partial charge in [0.25, 0.3) is 0 Å². The van der Waals surface area contributed by atoms with E-state index in [1.165, 1.54) is 31.3 Å². The molecule has 1 amide bonds. The number of nitrogens with one attached hydrogen (secondary N) is 2. The molecule has 0 aliphatic heterocycles. The van der Waals surface area contributed by atoms with Crippen LogP contribution in [0.15, 0.2) is 48.0 Å². The lowest BCUT2D eigenvalue weighted by atomic mass is 9.97. The van der Waals surface area contributed by atoms with Gasteiger partial charge in [-0.2, -0.15) is 0 Å². The number of aryl methyl sites for hydroxylation is 1. The minimum Gasteiger partial charge on any atom is -0.368 e. The predicted molar refractivity (Wildman–Crippen MR) is 105 cm³/mol. The highest BCUT2D eigenvalue weighted by atomic mass is 16.1. The summed E-state index contributed by atoms with van der Waals surface area (Å²) in [7, 11) is 0. The van der Waals surface area contributed by atoms with Crippen LogP contribution in [-0.2, 0) is 11.2 Å². The number of aromatic nitrogens is 2.